The molecule has 0 unspecified atom stereocenters. The third-order valence-corrected chi connectivity index (χ3v) is 30.4. The molecule has 0 radical (unpaired) electrons. The molecule has 0 bridgehead atoms. The molecule has 0 saturated carbocycles. The van der Waals surface area contributed by atoms with Gasteiger partial charge in [0.25, 0.3) is 0 Å². The molecule has 4 aromatic heterocycles. The Bertz CT molecular complexity index is 9930. The summed E-state index contributed by atoms with van der Waals surface area (Å²) in [5, 5.41) is 16.8. The van der Waals surface area contributed by atoms with Crippen molar-refractivity contribution in [2.45, 2.75) is 5.41 Å². The van der Waals surface area contributed by atoms with Crippen molar-refractivity contribution in [2.24, 2.45) is 0 Å². The van der Waals surface area contributed by atoms with Crippen molar-refractivity contribution in [3.05, 3.63) is 555 Å². The highest BCUT2D eigenvalue weighted by atomic mass is 32.1. The maximum Gasteiger partial charge on any atom is 0.227 e. The maximum atomic E-state index is 6.61. The Balaban J connectivity index is 0.000000108. The molecule has 0 amide bonds. The molecule has 30 rings (SSSR count). The van der Waals surface area contributed by atoms with Crippen LogP contribution in [-0.4, -0.2) is 15.0 Å². The van der Waals surface area contributed by atoms with E-state index in [2.05, 4.69) is 457 Å². The average molecular weight is 1910 g/mol. The van der Waals surface area contributed by atoms with Crippen LogP contribution < -0.4 is 14.7 Å². The van der Waals surface area contributed by atoms with Gasteiger partial charge in [-0.05, 0) is 313 Å². The lowest BCUT2D eigenvalue weighted by Gasteiger charge is -2.32. The summed E-state index contributed by atoms with van der Waals surface area (Å²) in [4.78, 5) is 21.7. The molecule has 0 fully saturated rings. The molecule has 10 heteroatoms. The van der Waals surface area contributed by atoms with E-state index >= 15 is 0 Å². The number of para-hydroxylation sites is 2. The van der Waals surface area contributed by atoms with Crippen molar-refractivity contribution in [1.82, 2.24) is 15.0 Å². The summed E-state index contributed by atoms with van der Waals surface area (Å²) < 4.78 is 20.9. The molecule has 2 aliphatic carbocycles. The van der Waals surface area contributed by atoms with E-state index in [9.17, 15) is 0 Å². The Labute approximate surface area is 858 Å². The molecular weight excluding hydrogens is 1820 g/mol. The molecular formula is C138H88N6O3S. The second-order valence-electron chi connectivity index (χ2n) is 37.9. The molecule has 694 valence electrons. The highest BCUT2D eigenvalue weighted by Gasteiger charge is 2.52. The van der Waals surface area contributed by atoms with E-state index in [1.807, 2.05) is 91.0 Å². The second-order valence-corrected chi connectivity index (χ2v) is 38.9. The lowest BCUT2D eigenvalue weighted by Crippen LogP contribution is -2.26. The lowest BCUT2D eigenvalue weighted by molar-refractivity contribution is 0.623. The fourth-order valence-electron chi connectivity index (χ4n) is 22.7. The number of thiophene rings is 1. The van der Waals surface area contributed by atoms with E-state index in [-0.39, 0.29) is 0 Å². The summed E-state index contributed by atoms with van der Waals surface area (Å²) >= 11 is 1.77. The largest absolute Gasteiger partial charge is 0.435 e. The predicted molar refractivity (Wildman–Crippen MR) is 615 cm³/mol. The van der Waals surface area contributed by atoms with Crippen LogP contribution in [0.1, 0.15) is 22.3 Å². The summed E-state index contributed by atoms with van der Waals surface area (Å²) in [6.07, 6.45) is 0. The number of rotatable bonds is 15. The smallest absolute Gasteiger partial charge is 0.227 e. The first-order valence-electron chi connectivity index (χ1n) is 50.1. The number of anilines is 9. The molecule has 24 aromatic carbocycles. The minimum absolute atomic E-state index is 0.425. The van der Waals surface area contributed by atoms with Crippen molar-refractivity contribution in [2.75, 3.05) is 14.7 Å². The first-order chi connectivity index (χ1) is 73.3. The summed E-state index contributed by atoms with van der Waals surface area (Å²) in [6.45, 7) is 0. The van der Waals surface area contributed by atoms with Crippen molar-refractivity contribution < 1.29 is 13.3 Å². The third kappa shape index (κ3) is 14.9. The second kappa shape index (κ2) is 36.2. The fourth-order valence-corrected chi connectivity index (χ4v) is 23.5. The van der Waals surface area contributed by atoms with Crippen LogP contribution in [0.5, 0.6) is 0 Å². The Morgan fingerprint density at radius 2 is 0.453 bits per heavy atom. The van der Waals surface area contributed by atoms with Crippen LogP contribution in [0.2, 0.25) is 0 Å². The number of hydrogen-bond acceptors (Lipinski definition) is 10. The normalized spacial score (nSPS) is 12.1. The predicted octanol–water partition coefficient (Wildman–Crippen LogP) is 38.4. The molecule has 9 nitrogen and oxygen atoms in total. The van der Waals surface area contributed by atoms with Crippen molar-refractivity contribution in [3.8, 4) is 90.0 Å². The van der Waals surface area contributed by atoms with Gasteiger partial charge in [0, 0.05) is 88.7 Å². The van der Waals surface area contributed by atoms with Gasteiger partial charge < -0.3 is 28.0 Å². The van der Waals surface area contributed by atoms with Crippen LogP contribution in [0.25, 0.3) is 198 Å². The fraction of sp³-hybridized carbons (Fsp3) is 0.00725. The Hall–Kier alpha value is -19.4. The topological polar surface area (TPSA) is 87.8 Å². The Kier molecular flexibility index (Phi) is 21.2. The van der Waals surface area contributed by atoms with Crippen LogP contribution in [0.4, 0.5) is 51.2 Å². The summed E-state index contributed by atoms with van der Waals surface area (Å²) in [7, 11) is 0. The van der Waals surface area contributed by atoms with Crippen molar-refractivity contribution >= 4 is 171 Å². The van der Waals surface area contributed by atoms with Gasteiger partial charge in [0.05, 0.1) is 5.41 Å². The molecule has 0 saturated heterocycles. The number of nitrogens with zero attached hydrogens (tertiary/aromatic N) is 6. The molecule has 28 aromatic rings. The van der Waals surface area contributed by atoms with E-state index in [1.165, 1.54) is 88.0 Å². The van der Waals surface area contributed by atoms with Gasteiger partial charge in [-0.3, -0.25) is 0 Å². The number of hydrogen-bond donors (Lipinski definition) is 0. The van der Waals surface area contributed by atoms with Gasteiger partial charge in [-0.1, -0.05) is 352 Å². The van der Waals surface area contributed by atoms with Gasteiger partial charge in [-0.15, -0.1) is 11.3 Å². The van der Waals surface area contributed by atoms with Crippen LogP contribution in [0, 0.1) is 0 Å². The van der Waals surface area contributed by atoms with Crippen molar-refractivity contribution in [1.29, 1.82) is 0 Å². The molecule has 0 aliphatic heterocycles. The number of fused-ring (bicyclic) bond motifs is 26. The van der Waals surface area contributed by atoms with E-state index < -0.39 is 5.41 Å². The SMILES string of the molecule is c1ccc(-c2ccc(N(c3ccc4sccc4c3)c3ccc4ccc5ccc6nc(-c7ccccc7)oc6c5c4c3)cc2)cc1.c1ccc(-c2nc3ccc4ccc5ccc(N(c6ccccc6)c6ccc(-c7ccccc7-c7ccccc7)cc6)cc5c4c3o2)cc1.c1ccc(-c2nc3ccc4ccc5ccc(N(c6ccccc6)c6ccc7c(c6)C6(c8ccccc8-c8ccccc86)c6ccccc6-7)cc5c4c3o2)cc1. The summed E-state index contributed by atoms with van der Waals surface area (Å²) in [6, 6.07) is 188. The Morgan fingerprint density at radius 1 is 0.182 bits per heavy atom. The number of aromatic nitrogens is 3. The number of oxazole rings is 3. The van der Waals surface area contributed by atoms with Gasteiger partial charge in [0.15, 0.2) is 16.7 Å². The van der Waals surface area contributed by atoms with Crippen LogP contribution in [0.3, 0.4) is 0 Å². The molecule has 148 heavy (non-hydrogen) atoms. The zero-order valence-corrected chi connectivity index (χ0v) is 80.9. The van der Waals surface area contributed by atoms with Gasteiger partial charge in [0.2, 0.25) is 17.7 Å². The first-order valence-corrected chi connectivity index (χ1v) is 51.0. The van der Waals surface area contributed by atoms with E-state index in [4.69, 9.17) is 28.2 Å². The molecule has 2 aliphatic rings. The summed E-state index contributed by atoms with van der Waals surface area (Å²) in [5.41, 5.74) is 35.0. The van der Waals surface area contributed by atoms with Crippen LogP contribution >= 0.6 is 11.3 Å². The van der Waals surface area contributed by atoms with E-state index in [0.29, 0.717) is 17.7 Å². The van der Waals surface area contributed by atoms with Crippen LogP contribution in [0.15, 0.2) is 546 Å². The van der Waals surface area contributed by atoms with Gasteiger partial charge in [0.1, 0.15) is 16.6 Å². The zero-order chi connectivity index (χ0) is 97.7. The maximum absolute atomic E-state index is 6.61. The number of benzene rings is 24. The Morgan fingerprint density at radius 3 is 0.858 bits per heavy atom. The molecule has 0 atom stereocenters. The lowest BCUT2D eigenvalue weighted by atomic mass is 9.70. The highest BCUT2D eigenvalue weighted by molar-refractivity contribution is 7.17. The monoisotopic (exact) mass is 1910 g/mol. The van der Waals surface area contributed by atoms with Gasteiger partial charge >= 0.3 is 0 Å². The molecule has 1 spiro atoms. The van der Waals surface area contributed by atoms with Gasteiger partial charge in [-0.25, -0.2) is 15.0 Å². The average Bonchev–Trinajstić information content (AvgIpc) is 1.50. The standard InChI is InChI=1S/C52H32N2O.C45H30N2O.C41H26N2OS/c1-3-13-35(14-4-1)51-53-48-30-26-34-24-23-33-25-27-37(31-43(33)49(34)50(48)55-51)54(36-15-5-2-6-16-36)38-28-29-42-41-19-9-12-22-46(41)52(47(42)32-38)44-20-10-7-17-39(44)40-18-8-11-21-45(40)52;1-4-12-31(13-5-1)39-18-10-11-19-40(39)32-22-26-37(27-23-32)47(36-16-8-3-9-17-36)38-28-24-33-20-21-34-25-29-42-44(43(34)41(33)30-38)48-45(46-42)35-14-6-2-7-15-35;1-3-7-27(8-4-1)28-13-17-33(18-14-28)43(34-20-22-38-32(25-34)23-24-45-38)35-19-15-29-11-12-30-16-21-37-40(39(30)36(29)26-35)44-41(42-37)31-9-5-2-6-10-31/h1-32H;1-30H;1-26H. The summed E-state index contributed by atoms with van der Waals surface area (Å²) in [5.74, 6) is 1.90. The molecule has 0 N–H and O–H groups in total. The van der Waals surface area contributed by atoms with Crippen molar-refractivity contribution in [3.63, 3.8) is 0 Å². The van der Waals surface area contributed by atoms with E-state index in [1.54, 1.807) is 11.3 Å². The minimum Gasteiger partial charge on any atom is -0.435 e. The molecule has 4 heterocycles. The van der Waals surface area contributed by atoms with Gasteiger partial charge in [-0.2, -0.15) is 0 Å². The highest BCUT2D eigenvalue weighted by Crippen LogP contribution is 2.64. The zero-order valence-electron chi connectivity index (χ0n) is 80.1. The third-order valence-electron chi connectivity index (χ3n) is 29.5. The quantitative estimate of drug-likeness (QED) is 0.0931. The van der Waals surface area contributed by atoms with E-state index in [0.717, 1.165) is 166 Å². The first kappa shape index (κ1) is 86.5. The minimum atomic E-state index is -0.425. The van der Waals surface area contributed by atoms with Crippen LogP contribution in [-0.2, 0) is 5.41 Å².